The molecule has 2 aromatic rings. The molecule has 1 aromatic heterocycles. The number of rotatable bonds is 7. The van der Waals surface area contributed by atoms with Crippen molar-refractivity contribution in [2.24, 2.45) is 4.99 Å². The van der Waals surface area contributed by atoms with Gasteiger partial charge in [-0.3, -0.25) is 4.99 Å². The number of aromatic nitrogens is 2. The molecule has 2 heterocycles. The van der Waals surface area contributed by atoms with Crippen molar-refractivity contribution in [3.8, 4) is 11.4 Å². The molecule has 1 N–H and O–H groups in total. The SMILES string of the molecule is C=C/C(=C\N(C)C)c1cccc(-c2ncc(/C(C=NC)=C/C)c(N3CCC(O)CC3)n2)c1. The largest absolute Gasteiger partial charge is 0.393 e. The number of aliphatic hydroxyl groups excluding tert-OH is 1. The molecule has 0 unspecified atom stereocenters. The van der Waals surface area contributed by atoms with E-state index in [-0.39, 0.29) is 6.10 Å². The summed E-state index contributed by atoms with van der Waals surface area (Å²) >= 11 is 0. The maximum Gasteiger partial charge on any atom is 0.161 e. The average molecular weight is 432 g/mol. The minimum atomic E-state index is -0.244. The lowest BCUT2D eigenvalue weighted by molar-refractivity contribution is 0.145. The number of allylic oxidation sites excluding steroid dienone is 4. The normalized spacial score (nSPS) is 16.0. The van der Waals surface area contributed by atoms with Crippen molar-refractivity contribution in [2.75, 3.05) is 39.1 Å². The summed E-state index contributed by atoms with van der Waals surface area (Å²) in [5.74, 6) is 1.56. The summed E-state index contributed by atoms with van der Waals surface area (Å²) < 4.78 is 0. The zero-order valence-corrected chi connectivity index (χ0v) is 19.5. The smallest absolute Gasteiger partial charge is 0.161 e. The van der Waals surface area contributed by atoms with E-state index in [1.165, 1.54) is 0 Å². The number of hydrogen-bond acceptors (Lipinski definition) is 6. The van der Waals surface area contributed by atoms with E-state index in [1.807, 2.05) is 68.8 Å². The Labute approximate surface area is 191 Å². The zero-order valence-electron chi connectivity index (χ0n) is 19.5. The summed E-state index contributed by atoms with van der Waals surface area (Å²) in [6.45, 7) is 7.47. The molecule has 3 rings (SSSR count). The highest BCUT2D eigenvalue weighted by molar-refractivity contribution is 6.11. The Morgan fingerprint density at radius 1 is 1.25 bits per heavy atom. The third-order valence-electron chi connectivity index (χ3n) is 5.49. The molecular formula is C26H33N5O. The van der Waals surface area contributed by atoms with Crippen LogP contribution in [0.1, 0.15) is 30.9 Å². The molecule has 32 heavy (non-hydrogen) atoms. The molecular weight excluding hydrogens is 398 g/mol. The number of aliphatic hydroxyl groups is 1. The Morgan fingerprint density at radius 2 is 2.00 bits per heavy atom. The van der Waals surface area contributed by atoms with E-state index in [1.54, 1.807) is 7.05 Å². The molecule has 0 amide bonds. The molecule has 6 nitrogen and oxygen atoms in total. The van der Waals surface area contributed by atoms with Gasteiger partial charge in [-0.1, -0.05) is 36.9 Å². The fraction of sp³-hybridized carbons (Fsp3) is 0.346. The molecule has 0 radical (unpaired) electrons. The maximum atomic E-state index is 9.97. The Balaban J connectivity index is 2.08. The number of aliphatic imine (C=N–C) groups is 1. The van der Waals surface area contributed by atoms with E-state index >= 15 is 0 Å². The van der Waals surface area contributed by atoms with E-state index < -0.39 is 0 Å². The molecule has 1 saturated heterocycles. The van der Waals surface area contributed by atoms with Gasteiger partial charge in [0, 0.05) is 69.5 Å². The van der Waals surface area contributed by atoms with Crippen LogP contribution in [0.5, 0.6) is 0 Å². The van der Waals surface area contributed by atoms with Crippen LogP contribution in [0.25, 0.3) is 22.5 Å². The quantitative estimate of drug-likeness (QED) is 0.523. The Bertz CT molecular complexity index is 1030. The van der Waals surface area contributed by atoms with Gasteiger partial charge in [-0.2, -0.15) is 0 Å². The molecule has 0 aliphatic carbocycles. The highest BCUT2D eigenvalue weighted by Crippen LogP contribution is 2.30. The maximum absolute atomic E-state index is 9.97. The monoisotopic (exact) mass is 431 g/mol. The van der Waals surface area contributed by atoms with Crippen molar-refractivity contribution in [1.29, 1.82) is 0 Å². The molecule has 0 atom stereocenters. The first-order valence-electron chi connectivity index (χ1n) is 11.0. The standard InChI is InChI=1S/C26H33N5O/c1-6-19(16-27-3)24-17-28-25(29-26(24)31-13-11-23(32)12-14-31)22-10-8-9-21(15-22)20(7-2)18-30(4)5/h6-10,15-18,23,32H,2,11-14H2,1,3-5H3/b19-6+,20-18+,27-16?. The van der Waals surface area contributed by atoms with Crippen LogP contribution in [0.15, 0.2) is 60.4 Å². The van der Waals surface area contributed by atoms with Crippen LogP contribution in [0.2, 0.25) is 0 Å². The molecule has 1 aliphatic rings. The summed E-state index contributed by atoms with van der Waals surface area (Å²) in [4.78, 5) is 18.2. The Morgan fingerprint density at radius 3 is 2.62 bits per heavy atom. The lowest BCUT2D eigenvalue weighted by Crippen LogP contribution is -2.37. The summed E-state index contributed by atoms with van der Waals surface area (Å²) in [6, 6.07) is 8.22. The Hall–Kier alpha value is -3.25. The van der Waals surface area contributed by atoms with Gasteiger partial charge < -0.3 is 14.9 Å². The van der Waals surface area contributed by atoms with E-state index in [4.69, 9.17) is 9.97 Å². The van der Waals surface area contributed by atoms with E-state index in [9.17, 15) is 5.11 Å². The van der Waals surface area contributed by atoms with Crippen LogP contribution in [-0.4, -0.2) is 66.5 Å². The predicted molar refractivity (Wildman–Crippen MR) is 135 cm³/mol. The van der Waals surface area contributed by atoms with Crippen LogP contribution < -0.4 is 4.90 Å². The van der Waals surface area contributed by atoms with Crippen LogP contribution in [0.4, 0.5) is 5.82 Å². The first-order valence-corrected chi connectivity index (χ1v) is 11.0. The van der Waals surface area contributed by atoms with Gasteiger partial charge in [0.2, 0.25) is 0 Å². The molecule has 0 spiro atoms. The lowest BCUT2D eigenvalue weighted by atomic mass is 10.0. The van der Waals surface area contributed by atoms with Gasteiger partial charge >= 0.3 is 0 Å². The lowest BCUT2D eigenvalue weighted by Gasteiger charge is -2.32. The van der Waals surface area contributed by atoms with Crippen molar-refractivity contribution in [2.45, 2.75) is 25.9 Å². The fourth-order valence-electron chi connectivity index (χ4n) is 3.83. The van der Waals surface area contributed by atoms with Gasteiger partial charge in [-0.05, 0) is 37.0 Å². The number of anilines is 1. The van der Waals surface area contributed by atoms with Crippen molar-refractivity contribution in [3.05, 3.63) is 66.5 Å². The second kappa shape index (κ2) is 10.9. The predicted octanol–water partition coefficient (Wildman–Crippen LogP) is 4.30. The summed E-state index contributed by atoms with van der Waals surface area (Å²) in [7, 11) is 5.75. The number of benzene rings is 1. The summed E-state index contributed by atoms with van der Waals surface area (Å²) in [6.07, 6.45) is 10.9. The van der Waals surface area contributed by atoms with Crippen molar-refractivity contribution in [1.82, 2.24) is 14.9 Å². The highest BCUT2D eigenvalue weighted by Gasteiger charge is 2.22. The van der Waals surface area contributed by atoms with E-state index in [0.717, 1.165) is 59.6 Å². The second-order valence-corrected chi connectivity index (χ2v) is 8.11. The molecule has 1 aromatic carbocycles. The average Bonchev–Trinajstić information content (AvgIpc) is 2.81. The molecule has 1 fully saturated rings. The third-order valence-corrected chi connectivity index (χ3v) is 5.49. The van der Waals surface area contributed by atoms with Crippen LogP contribution >= 0.6 is 0 Å². The minimum Gasteiger partial charge on any atom is -0.393 e. The molecule has 6 heteroatoms. The first-order chi connectivity index (χ1) is 15.5. The molecule has 0 saturated carbocycles. The minimum absolute atomic E-state index is 0.244. The van der Waals surface area contributed by atoms with Gasteiger partial charge in [-0.25, -0.2) is 9.97 Å². The first kappa shape index (κ1) is 23.4. The fourth-order valence-corrected chi connectivity index (χ4v) is 3.83. The van der Waals surface area contributed by atoms with Crippen LogP contribution in [-0.2, 0) is 0 Å². The van der Waals surface area contributed by atoms with Crippen molar-refractivity contribution in [3.63, 3.8) is 0 Å². The van der Waals surface area contributed by atoms with E-state index in [2.05, 4.69) is 28.6 Å². The van der Waals surface area contributed by atoms with Crippen molar-refractivity contribution >= 4 is 23.2 Å². The molecule has 0 bridgehead atoms. The third kappa shape index (κ3) is 5.51. The van der Waals surface area contributed by atoms with Crippen LogP contribution in [0.3, 0.4) is 0 Å². The van der Waals surface area contributed by atoms with Gasteiger partial charge in [0.05, 0.1) is 6.10 Å². The van der Waals surface area contributed by atoms with Gasteiger partial charge in [0.15, 0.2) is 5.82 Å². The number of hydrogen-bond donors (Lipinski definition) is 1. The zero-order chi connectivity index (χ0) is 23.1. The van der Waals surface area contributed by atoms with Crippen molar-refractivity contribution < 1.29 is 5.11 Å². The van der Waals surface area contributed by atoms with Gasteiger partial charge in [-0.15, -0.1) is 0 Å². The molecule has 168 valence electrons. The summed E-state index contributed by atoms with van der Waals surface area (Å²) in [5.41, 5.74) is 4.98. The number of nitrogens with zero attached hydrogens (tertiary/aromatic N) is 5. The Kier molecular flexibility index (Phi) is 7.95. The second-order valence-electron chi connectivity index (χ2n) is 8.11. The summed E-state index contributed by atoms with van der Waals surface area (Å²) in [5, 5.41) is 9.97. The van der Waals surface area contributed by atoms with Gasteiger partial charge in [0.25, 0.3) is 0 Å². The number of piperidine rings is 1. The highest BCUT2D eigenvalue weighted by atomic mass is 16.3. The van der Waals surface area contributed by atoms with E-state index in [0.29, 0.717) is 5.82 Å². The topological polar surface area (TPSA) is 64.9 Å². The molecule has 1 aliphatic heterocycles. The van der Waals surface area contributed by atoms with Crippen LogP contribution in [0, 0.1) is 0 Å². The van der Waals surface area contributed by atoms with Gasteiger partial charge in [0.1, 0.15) is 5.82 Å².